The number of rotatable bonds is 7. The molecule has 4 aliphatic rings. The lowest BCUT2D eigenvalue weighted by Gasteiger charge is -2.59. The second-order valence-corrected chi connectivity index (χ2v) is 11.7. The highest BCUT2D eigenvalue weighted by molar-refractivity contribution is 7.09. The molecule has 4 bridgehead atoms. The highest BCUT2D eigenvalue weighted by Crippen LogP contribution is 2.65. The number of nitrogens with zero attached hydrogens (tertiary/aromatic N) is 2. The molecule has 4 fully saturated rings. The number of carbonyl (C=O) groups is 1. The van der Waals surface area contributed by atoms with Gasteiger partial charge in [0.2, 0.25) is 5.51 Å². The van der Waals surface area contributed by atoms with Crippen LogP contribution in [0.3, 0.4) is 0 Å². The summed E-state index contributed by atoms with van der Waals surface area (Å²) in [6, 6.07) is 6.69. The van der Waals surface area contributed by atoms with Gasteiger partial charge in [-0.2, -0.15) is 4.57 Å². The van der Waals surface area contributed by atoms with Crippen molar-refractivity contribution in [3.05, 3.63) is 56.0 Å². The number of hydrogen-bond donors (Lipinski definition) is 0. The molecule has 0 amide bonds. The molecule has 6 rings (SSSR count). The van der Waals surface area contributed by atoms with Crippen LogP contribution in [0.15, 0.2) is 29.8 Å². The molecule has 32 heavy (non-hydrogen) atoms. The highest BCUT2D eigenvalue weighted by Gasteiger charge is 2.59. The van der Waals surface area contributed by atoms with Crippen LogP contribution in [0.1, 0.15) is 61.6 Å². The van der Waals surface area contributed by atoms with Crippen molar-refractivity contribution >= 4 is 23.0 Å². The number of hydrogen-bond acceptors (Lipinski definition) is 5. The third-order valence-corrected chi connectivity index (χ3v) is 9.15. The van der Waals surface area contributed by atoms with E-state index in [-0.39, 0.29) is 22.0 Å². The number of carbonyl (C=O) groups excluding carboxylic acids is 1. The molecular weight excluding hydrogens is 424 g/mol. The maximum absolute atomic E-state index is 13.2. The summed E-state index contributed by atoms with van der Waals surface area (Å²) in [7, 11) is 0. The first-order chi connectivity index (χ1) is 15.3. The minimum absolute atomic E-state index is 0.0470. The van der Waals surface area contributed by atoms with Crippen molar-refractivity contribution in [1.82, 2.24) is 0 Å². The van der Waals surface area contributed by atoms with E-state index in [4.69, 9.17) is 4.74 Å². The van der Waals surface area contributed by atoms with Crippen LogP contribution in [-0.4, -0.2) is 17.5 Å². The van der Waals surface area contributed by atoms with E-state index in [1.54, 1.807) is 35.6 Å². The lowest BCUT2D eigenvalue weighted by atomic mass is 9.44. The third-order valence-electron chi connectivity index (χ3n) is 8.01. The molecule has 6 nitrogen and oxygen atoms in total. The fourth-order valence-corrected chi connectivity index (χ4v) is 8.09. The normalized spacial score (nSPS) is 30.4. The van der Waals surface area contributed by atoms with Gasteiger partial charge in [0, 0.05) is 31.0 Å². The second kappa shape index (κ2) is 7.94. The summed E-state index contributed by atoms with van der Waals surface area (Å²) < 4.78 is 8.04. The molecule has 1 aromatic heterocycles. The van der Waals surface area contributed by atoms with Crippen LogP contribution in [0.2, 0.25) is 0 Å². The van der Waals surface area contributed by atoms with Gasteiger partial charge in [0.1, 0.15) is 0 Å². The Kier molecular flexibility index (Phi) is 5.35. The molecule has 2 aromatic rings. The van der Waals surface area contributed by atoms with Crippen molar-refractivity contribution in [2.45, 2.75) is 65.3 Å². The Hall–Kier alpha value is -2.28. The van der Waals surface area contributed by atoms with Gasteiger partial charge in [-0.1, -0.05) is 18.3 Å². The minimum Gasteiger partial charge on any atom is -0.465 e. The zero-order valence-corrected chi connectivity index (χ0v) is 19.7. The van der Waals surface area contributed by atoms with Crippen LogP contribution in [0, 0.1) is 39.7 Å². The van der Waals surface area contributed by atoms with Gasteiger partial charge in [-0.3, -0.25) is 14.9 Å². The quantitative estimate of drug-likeness (QED) is 0.255. The Morgan fingerprint density at radius 2 is 1.91 bits per heavy atom. The molecule has 4 aliphatic carbocycles. The zero-order valence-electron chi connectivity index (χ0n) is 18.8. The average molecular weight is 456 g/mol. The number of thiazole rings is 1. The number of esters is 1. The Balaban J connectivity index is 1.18. The van der Waals surface area contributed by atoms with E-state index in [0.717, 1.165) is 36.9 Å². The van der Waals surface area contributed by atoms with Crippen molar-refractivity contribution in [3.8, 4) is 0 Å². The number of nitro groups is 1. The van der Waals surface area contributed by atoms with Gasteiger partial charge in [0.25, 0.3) is 5.69 Å². The molecule has 1 aromatic carbocycles. The molecule has 0 radical (unpaired) electrons. The maximum atomic E-state index is 13.2. The van der Waals surface area contributed by atoms with Crippen molar-refractivity contribution in [3.63, 3.8) is 0 Å². The van der Waals surface area contributed by atoms with Gasteiger partial charge in [0.15, 0.2) is 12.2 Å². The van der Waals surface area contributed by atoms with E-state index in [0.29, 0.717) is 30.4 Å². The van der Waals surface area contributed by atoms with Gasteiger partial charge >= 0.3 is 5.97 Å². The first kappa shape index (κ1) is 21.6. The summed E-state index contributed by atoms with van der Waals surface area (Å²) >= 11 is 1.68. The van der Waals surface area contributed by atoms with E-state index in [2.05, 4.69) is 23.9 Å². The van der Waals surface area contributed by atoms with Crippen molar-refractivity contribution in [2.75, 3.05) is 6.61 Å². The molecule has 2 atom stereocenters. The highest BCUT2D eigenvalue weighted by atomic mass is 32.1. The molecule has 0 N–H and O–H groups in total. The van der Waals surface area contributed by atoms with E-state index in [1.807, 2.05) is 0 Å². The van der Waals surface area contributed by atoms with Crippen LogP contribution in [-0.2, 0) is 22.5 Å². The predicted octanol–water partition coefficient (Wildman–Crippen LogP) is 4.99. The summed E-state index contributed by atoms with van der Waals surface area (Å²) in [4.78, 5) is 24.8. The predicted molar refractivity (Wildman–Crippen MR) is 121 cm³/mol. The van der Waals surface area contributed by atoms with E-state index in [9.17, 15) is 14.9 Å². The van der Waals surface area contributed by atoms with Crippen molar-refractivity contribution in [2.24, 2.45) is 22.7 Å². The van der Waals surface area contributed by atoms with Crippen LogP contribution >= 0.6 is 11.3 Å². The summed E-state index contributed by atoms with van der Waals surface area (Å²) in [5, 5.41) is 10.8. The zero-order chi connectivity index (χ0) is 22.5. The summed E-state index contributed by atoms with van der Waals surface area (Å²) in [5.41, 5.74) is 4.49. The smallest absolute Gasteiger partial charge is 0.312 e. The second-order valence-electron chi connectivity index (χ2n) is 10.7. The molecule has 1 heterocycles. The summed E-state index contributed by atoms with van der Waals surface area (Å²) in [6.07, 6.45) is 7.71. The Morgan fingerprint density at radius 3 is 2.53 bits per heavy atom. The van der Waals surface area contributed by atoms with Gasteiger partial charge in [-0.25, -0.2) is 0 Å². The van der Waals surface area contributed by atoms with Crippen molar-refractivity contribution < 1.29 is 19.0 Å². The van der Waals surface area contributed by atoms with Gasteiger partial charge in [-0.15, -0.1) is 0 Å². The molecule has 4 saturated carbocycles. The average Bonchev–Trinajstić information content (AvgIpc) is 3.06. The topological polar surface area (TPSA) is 73.3 Å². The fraction of sp³-hybridized carbons (Fsp3) is 0.600. The number of aromatic nitrogens is 1. The summed E-state index contributed by atoms with van der Waals surface area (Å²) in [6.45, 7) is 5.57. The molecule has 7 heteroatoms. The van der Waals surface area contributed by atoms with Gasteiger partial charge in [-0.05, 0) is 67.9 Å². The molecule has 0 saturated heterocycles. The molecule has 0 aliphatic heterocycles. The number of non-ortho nitro benzene ring substituents is 1. The fourth-order valence-electron chi connectivity index (χ4n) is 7.12. The first-order valence-corrected chi connectivity index (χ1v) is 12.5. The van der Waals surface area contributed by atoms with Crippen LogP contribution in [0.25, 0.3) is 0 Å². The van der Waals surface area contributed by atoms with Crippen LogP contribution < -0.4 is 4.57 Å². The minimum atomic E-state index is -0.379. The Morgan fingerprint density at radius 1 is 1.22 bits per heavy atom. The monoisotopic (exact) mass is 455 g/mol. The molecular formula is C25H31N2O4S+. The number of ether oxygens (including phenoxy) is 1. The SMILES string of the molecule is Cc1c(CCOC(=O)C23C[C@@H]4C[C@H](CC(C)(C4)C2)C3)sc[n+]1Cc1ccc([N+](=O)[O-])cc1. The number of benzene rings is 1. The van der Waals surface area contributed by atoms with E-state index >= 15 is 0 Å². The number of nitro benzene ring substituents is 1. The lowest BCUT2D eigenvalue weighted by molar-refractivity contribution is -0.689. The van der Waals surface area contributed by atoms with Gasteiger partial charge < -0.3 is 4.74 Å². The molecule has 0 spiro atoms. The molecule has 0 unspecified atom stereocenters. The van der Waals surface area contributed by atoms with Crippen LogP contribution in [0.5, 0.6) is 0 Å². The molecule has 170 valence electrons. The lowest BCUT2D eigenvalue weighted by Crippen LogP contribution is -2.54. The van der Waals surface area contributed by atoms with Gasteiger partial charge in [0.05, 0.1) is 21.8 Å². The maximum Gasteiger partial charge on any atom is 0.312 e. The van der Waals surface area contributed by atoms with Crippen LogP contribution in [0.4, 0.5) is 5.69 Å². The van der Waals surface area contributed by atoms with Crippen molar-refractivity contribution in [1.29, 1.82) is 0 Å². The first-order valence-electron chi connectivity index (χ1n) is 11.6. The largest absolute Gasteiger partial charge is 0.465 e. The third kappa shape index (κ3) is 3.96. The Labute approximate surface area is 192 Å². The van der Waals surface area contributed by atoms with E-state index in [1.165, 1.54) is 24.1 Å². The summed E-state index contributed by atoms with van der Waals surface area (Å²) in [5.74, 6) is 1.48. The Bertz CT molecular complexity index is 1030. The van der Waals surface area contributed by atoms with E-state index < -0.39 is 0 Å². The standard InChI is InChI=1S/C25H31N2O4S/c1-17-22(32-16-26(17)14-18-3-5-21(6-4-18)27(29)30)7-8-31-23(28)25-12-19-9-20(13-25)11-24(2,10-19)15-25/h3-6,16,19-20H,7-15H2,1-2H3/q+1/t19-,20-,24?,25?/m1/s1.